The highest BCUT2D eigenvalue weighted by Gasteiger charge is 2.32. The van der Waals surface area contributed by atoms with Gasteiger partial charge in [-0.05, 0) is 29.8 Å². The molecule has 1 aliphatic heterocycles. The summed E-state index contributed by atoms with van der Waals surface area (Å²) in [5.41, 5.74) is 1.26. The monoisotopic (exact) mass is 489 g/mol. The van der Waals surface area contributed by atoms with E-state index in [1.54, 1.807) is 31.4 Å². The zero-order valence-electron chi connectivity index (χ0n) is 15.9. The third-order valence-electron chi connectivity index (χ3n) is 4.82. The minimum atomic E-state index is -0.497. The van der Waals surface area contributed by atoms with Crippen molar-refractivity contribution in [1.82, 2.24) is 9.97 Å². The molecule has 2 heterocycles. The molecule has 0 aliphatic carbocycles. The molecule has 0 spiro atoms. The molecular formula is C21H17BrFN3O3S. The highest BCUT2D eigenvalue weighted by Crippen LogP contribution is 2.39. The molecular weight excluding hydrogens is 473 g/mol. The number of aromatic nitrogens is 2. The number of aromatic amines is 1. The zero-order valence-corrected chi connectivity index (χ0v) is 18.3. The molecule has 3 aromatic rings. The molecule has 1 aliphatic rings. The van der Waals surface area contributed by atoms with E-state index in [0.29, 0.717) is 27.8 Å². The number of anilines is 1. The van der Waals surface area contributed by atoms with Gasteiger partial charge in [0.05, 0.1) is 12.7 Å². The number of rotatable bonds is 5. The highest BCUT2D eigenvalue weighted by molar-refractivity contribution is 9.10. The van der Waals surface area contributed by atoms with E-state index in [0.717, 1.165) is 10.0 Å². The van der Waals surface area contributed by atoms with Crippen LogP contribution in [0.15, 0.2) is 56.9 Å². The molecule has 1 atom stereocenters. The van der Waals surface area contributed by atoms with Crippen molar-refractivity contribution >= 4 is 39.4 Å². The summed E-state index contributed by atoms with van der Waals surface area (Å²) >= 11 is 4.63. The number of H-pyrrole nitrogens is 1. The number of amides is 1. The second kappa shape index (κ2) is 8.61. The first-order valence-electron chi connectivity index (χ1n) is 9.10. The van der Waals surface area contributed by atoms with Gasteiger partial charge in [0.25, 0.3) is 5.56 Å². The highest BCUT2D eigenvalue weighted by atomic mass is 79.9. The fourth-order valence-corrected chi connectivity index (χ4v) is 4.65. The second-order valence-electron chi connectivity index (χ2n) is 6.70. The van der Waals surface area contributed by atoms with Crippen LogP contribution in [-0.2, 0) is 10.5 Å². The number of hydrogen-bond acceptors (Lipinski definition) is 5. The molecule has 0 bridgehead atoms. The Morgan fingerprint density at radius 2 is 2.07 bits per heavy atom. The van der Waals surface area contributed by atoms with Crippen LogP contribution < -0.4 is 15.6 Å². The van der Waals surface area contributed by atoms with Gasteiger partial charge in [0.1, 0.15) is 17.4 Å². The van der Waals surface area contributed by atoms with E-state index in [1.165, 1.54) is 17.8 Å². The van der Waals surface area contributed by atoms with Crippen LogP contribution in [0.2, 0.25) is 0 Å². The lowest BCUT2D eigenvalue weighted by Gasteiger charge is -2.25. The Balaban J connectivity index is 1.71. The SMILES string of the molecule is COc1ccc(Br)cc1[C@H]1CC(=O)Nc2nc(SCc3ccccc3F)[nH]c(=O)c21. The summed E-state index contributed by atoms with van der Waals surface area (Å²) in [6, 6.07) is 11.9. The largest absolute Gasteiger partial charge is 0.496 e. The van der Waals surface area contributed by atoms with Gasteiger partial charge in [-0.25, -0.2) is 9.37 Å². The number of carbonyl (C=O) groups is 1. The van der Waals surface area contributed by atoms with Crippen LogP contribution in [0, 0.1) is 5.82 Å². The third-order valence-corrected chi connectivity index (χ3v) is 6.23. The summed E-state index contributed by atoms with van der Waals surface area (Å²) in [5.74, 6) is 0.0473. The second-order valence-corrected chi connectivity index (χ2v) is 8.58. The van der Waals surface area contributed by atoms with E-state index in [1.807, 2.05) is 12.1 Å². The van der Waals surface area contributed by atoms with Gasteiger partial charge < -0.3 is 15.0 Å². The molecule has 0 saturated heterocycles. The van der Waals surface area contributed by atoms with Gasteiger partial charge in [-0.15, -0.1) is 0 Å². The normalized spacial score (nSPS) is 15.4. The molecule has 0 unspecified atom stereocenters. The lowest BCUT2D eigenvalue weighted by molar-refractivity contribution is -0.116. The molecule has 4 rings (SSSR count). The number of carbonyl (C=O) groups excluding carboxylic acids is 1. The first kappa shape index (κ1) is 20.6. The lowest BCUT2D eigenvalue weighted by Crippen LogP contribution is -2.31. The van der Waals surface area contributed by atoms with Gasteiger partial charge in [0, 0.05) is 28.1 Å². The quantitative estimate of drug-likeness (QED) is 0.408. The maximum Gasteiger partial charge on any atom is 0.257 e. The molecule has 0 radical (unpaired) electrons. The van der Waals surface area contributed by atoms with Crippen LogP contribution in [-0.4, -0.2) is 23.0 Å². The maximum absolute atomic E-state index is 13.9. The van der Waals surface area contributed by atoms with Gasteiger partial charge >= 0.3 is 0 Å². The number of nitrogens with one attached hydrogen (secondary N) is 2. The summed E-state index contributed by atoms with van der Waals surface area (Å²) in [6.45, 7) is 0. The summed E-state index contributed by atoms with van der Waals surface area (Å²) in [4.78, 5) is 32.5. The number of ether oxygens (including phenoxy) is 1. The lowest BCUT2D eigenvalue weighted by atomic mass is 9.86. The smallest absolute Gasteiger partial charge is 0.257 e. The number of halogens is 2. The Labute approximate surface area is 184 Å². The van der Waals surface area contributed by atoms with Gasteiger partial charge in [-0.1, -0.05) is 45.9 Å². The Morgan fingerprint density at radius 1 is 1.27 bits per heavy atom. The topological polar surface area (TPSA) is 84.1 Å². The minimum absolute atomic E-state index is 0.103. The Bertz CT molecular complexity index is 1180. The van der Waals surface area contributed by atoms with Crippen LogP contribution in [0.25, 0.3) is 0 Å². The molecule has 1 amide bonds. The van der Waals surface area contributed by atoms with Crippen molar-refractivity contribution in [2.24, 2.45) is 0 Å². The summed E-state index contributed by atoms with van der Waals surface area (Å²) in [5, 5.41) is 3.00. The number of nitrogens with zero attached hydrogens (tertiary/aromatic N) is 1. The number of methoxy groups -OCH3 is 1. The van der Waals surface area contributed by atoms with Crippen molar-refractivity contribution in [2.45, 2.75) is 23.2 Å². The average Bonchev–Trinajstić information content (AvgIpc) is 2.72. The number of thioether (sulfide) groups is 1. The predicted octanol–water partition coefficient (Wildman–Crippen LogP) is 4.45. The van der Waals surface area contributed by atoms with E-state index in [2.05, 4.69) is 31.2 Å². The van der Waals surface area contributed by atoms with E-state index in [-0.39, 0.29) is 29.5 Å². The zero-order chi connectivity index (χ0) is 21.3. The summed E-state index contributed by atoms with van der Waals surface area (Å²) < 4.78 is 20.1. The van der Waals surface area contributed by atoms with E-state index in [4.69, 9.17) is 4.74 Å². The van der Waals surface area contributed by atoms with Gasteiger partial charge in [-0.3, -0.25) is 9.59 Å². The van der Waals surface area contributed by atoms with Crippen LogP contribution in [0.1, 0.15) is 29.0 Å². The first-order valence-corrected chi connectivity index (χ1v) is 10.9. The van der Waals surface area contributed by atoms with Crippen molar-refractivity contribution in [2.75, 3.05) is 12.4 Å². The maximum atomic E-state index is 13.9. The number of benzene rings is 2. The summed E-state index contributed by atoms with van der Waals surface area (Å²) in [7, 11) is 1.54. The number of hydrogen-bond donors (Lipinski definition) is 2. The van der Waals surface area contributed by atoms with Gasteiger partial charge in [-0.2, -0.15) is 0 Å². The molecule has 2 N–H and O–H groups in total. The van der Waals surface area contributed by atoms with Crippen molar-refractivity contribution in [1.29, 1.82) is 0 Å². The minimum Gasteiger partial charge on any atom is -0.496 e. The molecule has 9 heteroatoms. The molecule has 0 fully saturated rings. The predicted molar refractivity (Wildman–Crippen MR) is 117 cm³/mol. The Morgan fingerprint density at radius 3 is 2.83 bits per heavy atom. The van der Waals surface area contributed by atoms with Crippen LogP contribution in [0.3, 0.4) is 0 Å². The van der Waals surface area contributed by atoms with E-state index < -0.39 is 5.92 Å². The van der Waals surface area contributed by atoms with Crippen molar-refractivity contribution < 1.29 is 13.9 Å². The van der Waals surface area contributed by atoms with E-state index >= 15 is 0 Å². The molecule has 6 nitrogen and oxygen atoms in total. The standard InChI is InChI=1S/C21H17BrFN3O3S/c1-29-16-7-6-12(22)8-13(16)14-9-17(27)24-19-18(14)20(28)26-21(25-19)30-10-11-4-2-3-5-15(11)23/h2-8,14H,9-10H2,1H3,(H2,24,25,26,27,28)/t14-/m1/s1. The third kappa shape index (κ3) is 4.13. The molecule has 2 aromatic carbocycles. The van der Waals surface area contributed by atoms with Crippen molar-refractivity contribution in [3.63, 3.8) is 0 Å². The molecule has 154 valence electrons. The van der Waals surface area contributed by atoms with Crippen LogP contribution in [0.4, 0.5) is 10.2 Å². The van der Waals surface area contributed by atoms with Crippen LogP contribution in [0.5, 0.6) is 5.75 Å². The van der Waals surface area contributed by atoms with E-state index in [9.17, 15) is 14.0 Å². The van der Waals surface area contributed by atoms with Crippen molar-refractivity contribution in [3.8, 4) is 5.75 Å². The average molecular weight is 490 g/mol. The van der Waals surface area contributed by atoms with Crippen molar-refractivity contribution in [3.05, 3.63) is 79.8 Å². The molecule has 0 saturated carbocycles. The van der Waals surface area contributed by atoms with Gasteiger partial charge in [0.15, 0.2) is 5.16 Å². The Kier molecular flexibility index (Phi) is 5.92. The fourth-order valence-electron chi connectivity index (χ4n) is 3.42. The van der Waals surface area contributed by atoms with Crippen LogP contribution >= 0.6 is 27.7 Å². The first-order chi connectivity index (χ1) is 14.5. The number of fused-ring (bicyclic) bond motifs is 1. The molecule has 1 aromatic heterocycles. The fraction of sp³-hybridized carbons (Fsp3) is 0.190. The summed E-state index contributed by atoms with van der Waals surface area (Å²) in [6.07, 6.45) is 0.103. The molecule has 30 heavy (non-hydrogen) atoms. The Hall–Kier alpha value is -2.65. The van der Waals surface area contributed by atoms with Gasteiger partial charge in [0.2, 0.25) is 5.91 Å².